The minimum absolute atomic E-state index is 0.0606. The van der Waals surface area contributed by atoms with Crippen LogP contribution in [0, 0.1) is 9.65 Å². The zero-order valence-electron chi connectivity index (χ0n) is 14.0. The van der Waals surface area contributed by atoms with Crippen LogP contribution in [0.5, 0.6) is 0 Å². The summed E-state index contributed by atoms with van der Waals surface area (Å²) in [6.45, 7) is 0.0841. The Bertz CT molecular complexity index is 1040. The molecule has 4 rings (SSSR count). The quantitative estimate of drug-likeness (QED) is 0.423. The minimum atomic E-state index is -0.948. The van der Waals surface area contributed by atoms with Gasteiger partial charge in [0.05, 0.1) is 6.61 Å². The molecule has 8 nitrogen and oxygen atoms in total. The molecule has 3 heterocycles. The maximum absolute atomic E-state index is 13.8. The number of nitrogen functional groups attached to an aromatic ring is 1. The standard InChI is InChI=1S/C17H15FIN5O3/c18-17-22-14(20)13-16(23-17)24(5-6-25)15(21-13)12(11-7-26-8-27-11)9-3-1-2-4-10(9)19/h1-4,7,12,25H,5-6,8H2,(H2,20,22,23). The third-order valence-electron chi connectivity index (χ3n) is 4.20. The van der Waals surface area contributed by atoms with Crippen LogP contribution in [-0.2, 0) is 16.0 Å². The van der Waals surface area contributed by atoms with Gasteiger partial charge < -0.3 is 24.9 Å². The first kappa shape index (κ1) is 17.9. The van der Waals surface area contributed by atoms with Gasteiger partial charge in [0, 0.05) is 10.1 Å². The zero-order chi connectivity index (χ0) is 19.0. The molecular weight excluding hydrogens is 468 g/mol. The van der Waals surface area contributed by atoms with Crippen molar-refractivity contribution in [1.82, 2.24) is 19.5 Å². The third-order valence-corrected chi connectivity index (χ3v) is 5.18. The number of aromatic nitrogens is 4. The number of aliphatic hydroxyl groups excluding tert-OH is 1. The van der Waals surface area contributed by atoms with E-state index in [2.05, 4.69) is 37.5 Å². The number of hydrogen-bond donors (Lipinski definition) is 2. The fourth-order valence-corrected chi connectivity index (χ4v) is 3.78. The van der Waals surface area contributed by atoms with Crippen molar-refractivity contribution in [2.75, 3.05) is 19.1 Å². The highest BCUT2D eigenvalue weighted by Crippen LogP contribution is 2.37. The van der Waals surface area contributed by atoms with Crippen molar-refractivity contribution in [1.29, 1.82) is 0 Å². The van der Waals surface area contributed by atoms with E-state index in [9.17, 15) is 9.50 Å². The predicted octanol–water partition coefficient (Wildman–Crippen LogP) is 2.12. The summed E-state index contributed by atoms with van der Waals surface area (Å²) in [5.41, 5.74) is 7.28. The minimum Gasteiger partial charge on any atom is -0.462 e. The molecule has 1 unspecified atom stereocenters. The largest absolute Gasteiger partial charge is 0.462 e. The average molecular weight is 483 g/mol. The maximum atomic E-state index is 13.8. The van der Waals surface area contributed by atoms with Crippen LogP contribution < -0.4 is 5.73 Å². The Balaban J connectivity index is 2.00. The third kappa shape index (κ3) is 3.18. The van der Waals surface area contributed by atoms with Gasteiger partial charge >= 0.3 is 6.08 Å². The van der Waals surface area contributed by atoms with Gasteiger partial charge in [-0.3, -0.25) is 0 Å². The molecule has 27 heavy (non-hydrogen) atoms. The van der Waals surface area contributed by atoms with Gasteiger partial charge in [-0.1, -0.05) is 18.2 Å². The molecule has 1 aliphatic heterocycles. The number of aliphatic hydroxyl groups is 1. The Morgan fingerprint density at radius 2 is 2.11 bits per heavy atom. The number of imidazole rings is 1. The van der Waals surface area contributed by atoms with Crippen molar-refractivity contribution in [3.05, 3.63) is 57.3 Å². The molecule has 0 fully saturated rings. The van der Waals surface area contributed by atoms with Crippen LogP contribution in [0.1, 0.15) is 17.3 Å². The first-order valence-electron chi connectivity index (χ1n) is 8.09. The number of ether oxygens (including phenoxy) is 2. The second-order valence-corrected chi connectivity index (χ2v) is 6.96. The lowest BCUT2D eigenvalue weighted by Gasteiger charge is -2.19. The Morgan fingerprint density at radius 3 is 2.81 bits per heavy atom. The van der Waals surface area contributed by atoms with Gasteiger partial charge in [-0.15, -0.1) is 0 Å². The number of nitrogens with zero attached hydrogens (tertiary/aromatic N) is 4. The monoisotopic (exact) mass is 483 g/mol. The second kappa shape index (κ2) is 7.27. The van der Waals surface area contributed by atoms with Crippen LogP contribution in [0.3, 0.4) is 0 Å². The SMILES string of the molecule is Nc1nc(F)nc2c1nc(C(C1=COCO1)c1ccccc1I)n2CCO. The number of nitrogens with two attached hydrogens (primary N) is 1. The van der Waals surface area contributed by atoms with E-state index in [1.54, 1.807) is 4.57 Å². The van der Waals surface area contributed by atoms with Gasteiger partial charge in [0.2, 0.25) is 6.79 Å². The van der Waals surface area contributed by atoms with Crippen molar-refractivity contribution in [3.63, 3.8) is 0 Å². The van der Waals surface area contributed by atoms with Crippen LogP contribution in [0.2, 0.25) is 0 Å². The summed E-state index contributed by atoms with van der Waals surface area (Å²) in [5, 5.41) is 9.54. The highest BCUT2D eigenvalue weighted by atomic mass is 127. The smallest absolute Gasteiger partial charge is 0.312 e. The lowest BCUT2D eigenvalue weighted by atomic mass is 9.96. The van der Waals surface area contributed by atoms with Crippen LogP contribution in [0.15, 0.2) is 36.3 Å². The second-order valence-electron chi connectivity index (χ2n) is 5.80. The van der Waals surface area contributed by atoms with Gasteiger partial charge in [-0.2, -0.15) is 14.4 Å². The molecule has 3 aromatic rings. The molecule has 0 aliphatic carbocycles. The van der Waals surface area contributed by atoms with Crippen molar-refractivity contribution >= 4 is 39.6 Å². The number of halogens is 2. The van der Waals surface area contributed by atoms with E-state index in [4.69, 9.17) is 15.2 Å². The molecule has 1 aromatic carbocycles. The molecule has 0 saturated carbocycles. The van der Waals surface area contributed by atoms with E-state index in [-0.39, 0.29) is 36.9 Å². The van der Waals surface area contributed by atoms with Crippen LogP contribution in [0.25, 0.3) is 11.2 Å². The molecule has 10 heteroatoms. The molecule has 2 aromatic heterocycles. The molecule has 1 aliphatic rings. The summed E-state index contributed by atoms with van der Waals surface area (Å²) >= 11 is 2.23. The van der Waals surface area contributed by atoms with Crippen molar-refractivity contribution in [2.24, 2.45) is 0 Å². The van der Waals surface area contributed by atoms with E-state index in [1.807, 2.05) is 24.3 Å². The molecule has 0 radical (unpaired) electrons. The zero-order valence-corrected chi connectivity index (χ0v) is 16.1. The van der Waals surface area contributed by atoms with E-state index >= 15 is 0 Å². The molecule has 0 bridgehead atoms. The van der Waals surface area contributed by atoms with E-state index in [1.165, 1.54) is 6.26 Å². The molecule has 140 valence electrons. The highest BCUT2D eigenvalue weighted by Gasteiger charge is 2.31. The van der Waals surface area contributed by atoms with Gasteiger partial charge in [0.25, 0.3) is 0 Å². The first-order valence-corrected chi connectivity index (χ1v) is 9.17. The first-order chi connectivity index (χ1) is 13.1. The molecule has 0 saturated heterocycles. The summed E-state index contributed by atoms with van der Waals surface area (Å²) in [7, 11) is 0. The van der Waals surface area contributed by atoms with Gasteiger partial charge in [-0.25, -0.2) is 4.98 Å². The van der Waals surface area contributed by atoms with E-state index in [0.29, 0.717) is 11.6 Å². The lowest BCUT2D eigenvalue weighted by molar-refractivity contribution is 0.0764. The Kier molecular flexibility index (Phi) is 4.83. The molecule has 3 N–H and O–H groups in total. The maximum Gasteiger partial charge on any atom is 0.312 e. The molecule has 0 amide bonds. The number of hydrogen-bond acceptors (Lipinski definition) is 7. The van der Waals surface area contributed by atoms with Crippen LogP contribution in [0.4, 0.5) is 10.2 Å². The average Bonchev–Trinajstić information content (AvgIpc) is 3.27. The fraction of sp³-hybridized carbons (Fsp3) is 0.235. The molecule has 0 spiro atoms. The van der Waals surface area contributed by atoms with Gasteiger partial charge in [0.1, 0.15) is 23.8 Å². The Labute approximate surface area is 167 Å². The van der Waals surface area contributed by atoms with Crippen molar-refractivity contribution in [3.8, 4) is 0 Å². The topological polar surface area (TPSA) is 108 Å². The summed E-state index contributed by atoms with van der Waals surface area (Å²) in [5.74, 6) is 0.561. The Hall–Kier alpha value is -2.47. The number of benzene rings is 1. The summed E-state index contributed by atoms with van der Waals surface area (Å²) in [6.07, 6.45) is 0.586. The predicted molar refractivity (Wildman–Crippen MR) is 103 cm³/mol. The lowest BCUT2D eigenvalue weighted by Crippen LogP contribution is -2.16. The molecular formula is C17H15FIN5O3. The van der Waals surface area contributed by atoms with E-state index in [0.717, 1.165) is 9.13 Å². The molecule has 1 atom stereocenters. The highest BCUT2D eigenvalue weighted by molar-refractivity contribution is 14.1. The fourth-order valence-electron chi connectivity index (χ4n) is 3.08. The number of anilines is 1. The van der Waals surface area contributed by atoms with E-state index < -0.39 is 12.0 Å². The number of allylic oxidation sites excluding steroid dienone is 1. The summed E-state index contributed by atoms with van der Waals surface area (Å²) < 4.78 is 27.3. The number of rotatable bonds is 5. The van der Waals surface area contributed by atoms with Gasteiger partial charge in [-0.05, 0) is 34.2 Å². The Morgan fingerprint density at radius 1 is 1.30 bits per heavy atom. The van der Waals surface area contributed by atoms with Crippen molar-refractivity contribution < 1.29 is 19.0 Å². The normalized spacial score (nSPS) is 14.7. The summed E-state index contributed by atoms with van der Waals surface area (Å²) in [6, 6.07) is 7.76. The van der Waals surface area contributed by atoms with Crippen LogP contribution in [-0.4, -0.2) is 38.0 Å². The van der Waals surface area contributed by atoms with Gasteiger partial charge in [0.15, 0.2) is 17.0 Å². The number of fused-ring (bicyclic) bond motifs is 1. The van der Waals surface area contributed by atoms with Crippen LogP contribution >= 0.6 is 22.6 Å². The van der Waals surface area contributed by atoms with Crippen molar-refractivity contribution in [2.45, 2.75) is 12.5 Å². The summed E-state index contributed by atoms with van der Waals surface area (Å²) in [4.78, 5) is 12.0.